The summed E-state index contributed by atoms with van der Waals surface area (Å²) in [4.78, 5) is 13.9. The van der Waals surface area contributed by atoms with Crippen LogP contribution in [0.3, 0.4) is 0 Å². The molecule has 6 nitrogen and oxygen atoms in total. The third kappa shape index (κ3) is 5.53. The van der Waals surface area contributed by atoms with Gasteiger partial charge in [-0.3, -0.25) is 4.79 Å². The fourth-order valence-electron chi connectivity index (χ4n) is 5.16. The van der Waals surface area contributed by atoms with Crippen LogP contribution in [0, 0.1) is 13.8 Å². The van der Waals surface area contributed by atoms with Crippen molar-refractivity contribution in [2.75, 3.05) is 25.1 Å². The van der Waals surface area contributed by atoms with E-state index in [0.29, 0.717) is 12.8 Å². The molecule has 0 bridgehead atoms. The standard InChI is InChI=1S/C25H39NO5/c1-16-20(10-9-18(27)13-19(28)14-22(29)30-5)24-21(15-25(3,4)31-24)17(2)23(16)26-11-7-6-8-12-26/h18-19,27-28H,6-15H2,1-5H3. The van der Waals surface area contributed by atoms with Gasteiger partial charge in [0.05, 0.1) is 25.7 Å². The number of rotatable bonds is 8. The molecule has 0 saturated carbocycles. The molecule has 2 unspecified atom stereocenters. The van der Waals surface area contributed by atoms with Gasteiger partial charge in [-0.1, -0.05) is 0 Å². The van der Waals surface area contributed by atoms with Crippen LogP contribution >= 0.6 is 0 Å². The van der Waals surface area contributed by atoms with Crippen molar-refractivity contribution in [2.45, 2.75) is 96.9 Å². The number of piperidine rings is 1. The number of hydrogen-bond donors (Lipinski definition) is 2. The third-order valence-corrected chi connectivity index (χ3v) is 6.72. The number of esters is 1. The lowest BCUT2D eigenvalue weighted by Gasteiger charge is -2.33. The minimum atomic E-state index is -0.897. The highest BCUT2D eigenvalue weighted by molar-refractivity contribution is 5.70. The lowest BCUT2D eigenvalue weighted by molar-refractivity contribution is -0.143. The summed E-state index contributed by atoms with van der Waals surface area (Å²) in [7, 11) is 1.30. The molecule has 3 rings (SSSR count). The van der Waals surface area contributed by atoms with Crippen molar-refractivity contribution in [3.05, 3.63) is 22.3 Å². The van der Waals surface area contributed by atoms with Crippen molar-refractivity contribution in [2.24, 2.45) is 0 Å². The van der Waals surface area contributed by atoms with Gasteiger partial charge in [0.2, 0.25) is 0 Å². The largest absolute Gasteiger partial charge is 0.487 e. The molecular weight excluding hydrogens is 394 g/mol. The Morgan fingerprint density at radius 1 is 1.13 bits per heavy atom. The first-order valence-electron chi connectivity index (χ1n) is 11.6. The molecule has 2 aliphatic rings. The molecule has 2 atom stereocenters. The number of carbonyl (C=O) groups excluding carboxylic acids is 1. The highest BCUT2D eigenvalue weighted by atomic mass is 16.5. The number of aliphatic hydroxyl groups is 2. The Bertz CT molecular complexity index is 798. The molecule has 2 N–H and O–H groups in total. The third-order valence-electron chi connectivity index (χ3n) is 6.72. The molecule has 31 heavy (non-hydrogen) atoms. The molecule has 6 heteroatoms. The number of methoxy groups -OCH3 is 1. The Kier molecular flexibility index (Phi) is 7.53. The fourth-order valence-corrected chi connectivity index (χ4v) is 5.16. The summed E-state index contributed by atoms with van der Waals surface area (Å²) in [5.41, 5.74) is 6.16. The van der Waals surface area contributed by atoms with Crippen LogP contribution in [0.4, 0.5) is 5.69 Å². The van der Waals surface area contributed by atoms with Crippen LogP contribution in [0.25, 0.3) is 0 Å². The monoisotopic (exact) mass is 433 g/mol. The number of carbonyl (C=O) groups is 1. The average Bonchev–Trinajstić information content (AvgIpc) is 3.04. The molecule has 0 spiro atoms. The van der Waals surface area contributed by atoms with E-state index in [1.54, 1.807) is 0 Å². The molecular formula is C25H39NO5. The van der Waals surface area contributed by atoms with E-state index in [4.69, 9.17) is 4.74 Å². The van der Waals surface area contributed by atoms with Gasteiger partial charge in [-0.2, -0.15) is 0 Å². The zero-order valence-electron chi connectivity index (χ0n) is 19.8. The van der Waals surface area contributed by atoms with E-state index in [1.807, 2.05) is 0 Å². The predicted molar refractivity (Wildman–Crippen MR) is 122 cm³/mol. The van der Waals surface area contributed by atoms with Crippen LogP contribution in [-0.4, -0.2) is 54.2 Å². The summed E-state index contributed by atoms with van der Waals surface area (Å²) in [5.74, 6) is 0.525. The second-order valence-electron chi connectivity index (χ2n) is 9.83. The van der Waals surface area contributed by atoms with Crippen molar-refractivity contribution in [3.63, 3.8) is 0 Å². The molecule has 1 saturated heterocycles. The highest BCUT2D eigenvalue weighted by Crippen LogP contribution is 2.46. The molecule has 1 aromatic carbocycles. The number of aliphatic hydroxyl groups excluding tert-OH is 2. The second-order valence-corrected chi connectivity index (χ2v) is 9.83. The van der Waals surface area contributed by atoms with Gasteiger partial charge < -0.3 is 24.6 Å². The van der Waals surface area contributed by atoms with E-state index < -0.39 is 18.2 Å². The van der Waals surface area contributed by atoms with Gasteiger partial charge in [0.25, 0.3) is 0 Å². The van der Waals surface area contributed by atoms with Crippen molar-refractivity contribution in [1.29, 1.82) is 0 Å². The zero-order valence-corrected chi connectivity index (χ0v) is 19.8. The number of anilines is 1. The zero-order chi connectivity index (χ0) is 22.8. The predicted octanol–water partition coefficient (Wildman–Crippen LogP) is 3.61. The minimum Gasteiger partial charge on any atom is -0.487 e. The van der Waals surface area contributed by atoms with Gasteiger partial charge in [0, 0.05) is 30.8 Å². The van der Waals surface area contributed by atoms with Gasteiger partial charge in [-0.05, 0) is 82.9 Å². The number of hydrogen-bond acceptors (Lipinski definition) is 6. The topological polar surface area (TPSA) is 79.2 Å². The lowest BCUT2D eigenvalue weighted by Crippen LogP contribution is -2.31. The molecule has 1 aromatic rings. The molecule has 2 aliphatic heterocycles. The Hall–Kier alpha value is -1.79. The summed E-state index contributed by atoms with van der Waals surface area (Å²) in [6.45, 7) is 10.8. The van der Waals surface area contributed by atoms with Crippen molar-refractivity contribution in [3.8, 4) is 5.75 Å². The fraction of sp³-hybridized carbons (Fsp3) is 0.720. The second kappa shape index (κ2) is 9.78. The van der Waals surface area contributed by atoms with Gasteiger partial charge in [-0.15, -0.1) is 0 Å². The van der Waals surface area contributed by atoms with Gasteiger partial charge in [-0.25, -0.2) is 0 Å². The first-order valence-corrected chi connectivity index (χ1v) is 11.6. The van der Waals surface area contributed by atoms with E-state index in [-0.39, 0.29) is 18.4 Å². The Labute approximate surface area is 186 Å². The Morgan fingerprint density at radius 3 is 2.45 bits per heavy atom. The van der Waals surface area contributed by atoms with E-state index in [9.17, 15) is 15.0 Å². The summed E-state index contributed by atoms with van der Waals surface area (Å²) < 4.78 is 11.0. The van der Waals surface area contributed by atoms with E-state index in [1.165, 1.54) is 54.3 Å². The lowest BCUT2D eigenvalue weighted by atomic mass is 9.88. The summed E-state index contributed by atoms with van der Waals surface area (Å²) in [5, 5.41) is 20.6. The smallest absolute Gasteiger partial charge is 0.308 e. The maximum Gasteiger partial charge on any atom is 0.308 e. The number of benzene rings is 1. The quantitative estimate of drug-likeness (QED) is 0.610. The van der Waals surface area contributed by atoms with Crippen LogP contribution in [0.5, 0.6) is 5.75 Å². The van der Waals surface area contributed by atoms with Crippen molar-refractivity contribution < 1.29 is 24.5 Å². The van der Waals surface area contributed by atoms with Crippen LogP contribution < -0.4 is 9.64 Å². The Balaban J connectivity index is 1.82. The number of ether oxygens (including phenoxy) is 2. The molecule has 0 aliphatic carbocycles. The minimum absolute atomic E-state index is 0.0943. The SMILES string of the molecule is COC(=O)CC(O)CC(O)CCc1c(C)c(N2CCCCC2)c(C)c2c1OC(C)(C)C2. The summed E-state index contributed by atoms with van der Waals surface area (Å²) in [6.07, 6.45) is 4.31. The highest BCUT2D eigenvalue weighted by Gasteiger charge is 2.36. The van der Waals surface area contributed by atoms with Gasteiger partial charge in [0.1, 0.15) is 11.4 Å². The van der Waals surface area contributed by atoms with Gasteiger partial charge in [0.15, 0.2) is 0 Å². The van der Waals surface area contributed by atoms with Crippen LogP contribution in [0.2, 0.25) is 0 Å². The van der Waals surface area contributed by atoms with Crippen molar-refractivity contribution in [1.82, 2.24) is 0 Å². The summed E-state index contributed by atoms with van der Waals surface area (Å²) >= 11 is 0. The van der Waals surface area contributed by atoms with Crippen LogP contribution in [-0.2, 0) is 22.4 Å². The van der Waals surface area contributed by atoms with Crippen LogP contribution in [0.1, 0.15) is 74.6 Å². The van der Waals surface area contributed by atoms with Gasteiger partial charge >= 0.3 is 5.97 Å². The molecule has 174 valence electrons. The van der Waals surface area contributed by atoms with E-state index in [2.05, 4.69) is 37.3 Å². The van der Waals surface area contributed by atoms with E-state index >= 15 is 0 Å². The maximum absolute atomic E-state index is 11.4. The first kappa shape index (κ1) is 23.9. The average molecular weight is 434 g/mol. The molecule has 0 aromatic heterocycles. The number of fused-ring (bicyclic) bond motifs is 1. The number of nitrogens with zero attached hydrogens (tertiary/aromatic N) is 1. The van der Waals surface area contributed by atoms with Crippen LogP contribution in [0.15, 0.2) is 0 Å². The molecule has 0 radical (unpaired) electrons. The normalized spacial score (nSPS) is 19.5. The first-order chi connectivity index (χ1) is 14.6. The van der Waals surface area contributed by atoms with Crippen molar-refractivity contribution >= 4 is 11.7 Å². The molecule has 1 fully saturated rings. The molecule has 2 heterocycles. The molecule has 0 amide bonds. The Morgan fingerprint density at radius 2 is 1.81 bits per heavy atom. The summed E-state index contributed by atoms with van der Waals surface area (Å²) in [6, 6.07) is 0. The van der Waals surface area contributed by atoms with E-state index in [0.717, 1.165) is 25.3 Å². The maximum atomic E-state index is 11.4.